The molecule has 4 rings (SSSR count). The van der Waals surface area contributed by atoms with E-state index in [0.717, 1.165) is 153 Å². The normalized spacial score (nSPS) is 14.3. The van der Waals surface area contributed by atoms with Crippen molar-refractivity contribution in [3.05, 3.63) is 34.4 Å². The number of amides is 4. The van der Waals surface area contributed by atoms with Gasteiger partial charge < -0.3 is 0 Å². The SMILES string of the molecule is CCCCCCCCN1C(=O)c2c[c]([Sn]([CH2]CCC)([CH2]CCC)[CH2]CCC)c3c4c(c[c]([Sn]([CH2]CCC)([CH2]CCC)[CH2]CCC)c(c24)C1=O)C(=O)N(CCCCCCCC)C3=O. The summed E-state index contributed by atoms with van der Waals surface area (Å²) in [6.07, 6.45) is 26.4. The van der Waals surface area contributed by atoms with Crippen LogP contribution in [0, 0.1) is 0 Å². The zero-order valence-electron chi connectivity index (χ0n) is 41.3. The van der Waals surface area contributed by atoms with Crippen LogP contribution in [0.5, 0.6) is 0 Å². The molecular weight excluding hydrogens is 978 g/mol. The fraction of sp³-hybridized carbons (Fsp3) is 0.741. The van der Waals surface area contributed by atoms with Crippen LogP contribution >= 0.6 is 0 Å². The molecular formula is C54H90N2O4Sn2. The summed E-state index contributed by atoms with van der Waals surface area (Å²) in [5.41, 5.74) is 2.75. The van der Waals surface area contributed by atoms with E-state index in [1.165, 1.54) is 45.7 Å². The number of hydrogen-bond donors (Lipinski definition) is 0. The average molecular weight is 1070 g/mol. The molecule has 348 valence electrons. The summed E-state index contributed by atoms with van der Waals surface area (Å²) >= 11 is -6.98. The molecule has 2 aliphatic heterocycles. The first-order valence-electron chi connectivity index (χ1n) is 26.5. The fourth-order valence-corrected chi connectivity index (χ4v) is 44.6. The molecule has 0 atom stereocenters. The Morgan fingerprint density at radius 2 is 0.597 bits per heavy atom. The van der Waals surface area contributed by atoms with Gasteiger partial charge in [-0.1, -0.05) is 0 Å². The van der Waals surface area contributed by atoms with Gasteiger partial charge >= 0.3 is 391 Å². The van der Waals surface area contributed by atoms with Crippen molar-refractivity contribution in [3.8, 4) is 0 Å². The predicted molar refractivity (Wildman–Crippen MR) is 270 cm³/mol. The quantitative estimate of drug-likeness (QED) is 0.0398. The van der Waals surface area contributed by atoms with Crippen molar-refractivity contribution in [3.63, 3.8) is 0 Å². The van der Waals surface area contributed by atoms with E-state index in [4.69, 9.17) is 0 Å². The van der Waals surface area contributed by atoms with Crippen LogP contribution in [-0.2, 0) is 0 Å². The van der Waals surface area contributed by atoms with Crippen LogP contribution in [0.15, 0.2) is 12.1 Å². The Bertz CT molecular complexity index is 1600. The zero-order valence-corrected chi connectivity index (χ0v) is 47.0. The van der Waals surface area contributed by atoms with Crippen LogP contribution in [0.25, 0.3) is 10.8 Å². The van der Waals surface area contributed by atoms with Crippen LogP contribution < -0.4 is 7.16 Å². The topological polar surface area (TPSA) is 74.8 Å². The van der Waals surface area contributed by atoms with Crippen molar-refractivity contribution in [2.75, 3.05) is 13.1 Å². The van der Waals surface area contributed by atoms with Crippen molar-refractivity contribution < 1.29 is 19.2 Å². The molecule has 0 radical (unpaired) electrons. The molecule has 4 amide bonds. The third-order valence-corrected chi connectivity index (χ3v) is 46.2. The number of nitrogens with zero attached hydrogens (tertiary/aromatic N) is 2. The molecule has 0 saturated carbocycles. The number of hydrogen-bond acceptors (Lipinski definition) is 4. The van der Waals surface area contributed by atoms with Crippen molar-refractivity contribution in [1.29, 1.82) is 0 Å². The summed E-state index contributed by atoms with van der Waals surface area (Å²) in [4.78, 5) is 65.1. The molecule has 0 unspecified atom stereocenters. The van der Waals surface area contributed by atoms with Gasteiger partial charge in [0.2, 0.25) is 0 Å². The van der Waals surface area contributed by atoms with Gasteiger partial charge in [0, 0.05) is 0 Å². The van der Waals surface area contributed by atoms with Crippen LogP contribution in [0.3, 0.4) is 0 Å². The molecule has 2 heterocycles. The van der Waals surface area contributed by atoms with Gasteiger partial charge in [-0.25, -0.2) is 0 Å². The maximum absolute atomic E-state index is 15.6. The molecule has 0 saturated heterocycles. The summed E-state index contributed by atoms with van der Waals surface area (Å²) in [6.45, 7) is 19.0. The van der Waals surface area contributed by atoms with Crippen molar-refractivity contribution in [2.24, 2.45) is 0 Å². The van der Waals surface area contributed by atoms with E-state index in [9.17, 15) is 0 Å². The Hall–Kier alpha value is -1.42. The van der Waals surface area contributed by atoms with Crippen LogP contribution in [0.2, 0.25) is 26.6 Å². The van der Waals surface area contributed by atoms with Gasteiger partial charge in [0.15, 0.2) is 0 Å². The van der Waals surface area contributed by atoms with Gasteiger partial charge in [0.25, 0.3) is 0 Å². The van der Waals surface area contributed by atoms with E-state index in [0.29, 0.717) is 35.0 Å². The Morgan fingerprint density at radius 3 is 0.871 bits per heavy atom. The Kier molecular flexibility index (Phi) is 23.4. The summed E-state index contributed by atoms with van der Waals surface area (Å²) in [5.74, 6) is -0.651. The molecule has 6 nitrogen and oxygen atoms in total. The van der Waals surface area contributed by atoms with Gasteiger partial charge in [-0.15, -0.1) is 0 Å². The minimum atomic E-state index is -3.49. The van der Waals surface area contributed by atoms with E-state index >= 15 is 19.2 Å². The van der Waals surface area contributed by atoms with Gasteiger partial charge in [-0.05, 0) is 0 Å². The molecule has 2 aliphatic rings. The third kappa shape index (κ3) is 12.5. The summed E-state index contributed by atoms with van der Waals surface area (Å²) in [7, 11) is 0. The van der Waals surface area contributed by atoms with Crippen LogP contribution in [-0.4, -0.2) is 83.3 Å². The summed E-state index contributed by atoms with van der Waals surface area (Å²) < 4.78 is 9.32. The van der Waals surface area contributed by atoms with E-state index in [2.05, 4.69) is 67.5 Å². The molecule has 0 fully saturated rings. The molecule has 2 aromatic carbocycles. The third-order valence-electron chi connectivity index (χ3n) is 14.9. The number of unbranched alkanes of at least 4 members (excludes halogenated alkanes) is 16. The number of carbonyl (C=O) groups excluding carboxylic acids is 4. The van der Waals surface area contributed by atoms with E-state index in [1.807, 2.05) is 0 Å². The molecule has 0 N–H and O–H groups in total. The number of imide groups is 2. The molecule has 8 heteroatoms. The number of carbonyl (C=O) groups is 4. The van der Waals surface area contributed by atoms with Gasteiger partial charge in [0.1, 0.15) is 0 Å². The number of benzene rings is 2. The Morgan fingerprint density at radius 1 is 0.339 bits per heavy atom. The van der Waals surface area contributed by atoms with Crippen molar-refractivity contribution in [1.82, 2.24) is 9.80 Å². The minimum absolute atomic E-state index is 0.144. The van der Waals surface area contributed by atoms with Crippen LogP contribution in [0.1, 0.15) is 251 Å². The first-order chi connectivity index (χ1) is 30.1. The van der Waals surface area contributed by atoms with Crippen molar-refractivity contribution in [2.45, 2.75) is 236 Å². The fourth-order valence-electron chi connectivity index (χ4n) is 11.2. The molecule has 62 heavy (non-hydrogen) atoms. The molecule has 0 aromatic heterocycles. The Balaban J connectivity index is 2.17. The van der Waals surface area contributed by atoms with Gasteiger partial charge in [-0.2, -0.15) is 0 Å². The molecule has 0 bridgehead atoms. The molecule has 2 aromatic rings. The van der Waals surface area contributed by atoms with Crippen molar-refractivity contribution >= 4 is 78.3 Å². The number of rotatable bonds is 34. The monoisotopic (exact) mass is 1070 g/mol. The van der Waals surface area contributed by atoms with Gasteiger partial charge in [-0.3, -0.25) is 0 Å². The second kappa shape index (κ2) is 27.3. The van der Waals surface area contributed by atoms with Crippen LogP contribution in [0.4, 0.5) is 0 Å². The molecule has 0 aliphatic carbocycles. The predicted octanol–water partition coefficient (Wildman–Crippen LogP) is 14.9. The van der Waals surface area contributed by atoms with E-state index in [1.54, 1.807) is 9.80 Å². The first-order valence-corrected chi connectivity index (χ1v) is 41.5. The zero-order chi connectivity index (χ0) is 45.1. The first kappa shape index (κ1) is 53.2. The van der Waals surface area contributed by atoms with E-state index < -0.39 is 36.8 Å². The Labute approximate surface area is 388 Å². The average Bonchev–Trinajstić information content (AvgIpc) is 3.28. The summed E-state index contributed by atoms with van der Waals surface area (Å²) in [6, 6.07) is 4.49. The summed E-state index contributed by atoms with van der Waals surface area (Å²) in [5, 5.41) is 1.39. The van der Waals surface area contributed by atoms with E-state index in [-0.39, 0.29) is 23.6 Å². The standard InChI is InChI=1S/C30H36N2O4.6C4H9.2Sn/c1-3-5-7-9-11-13-19-31-27(33)21-15-17-23-26-24(18-16-22(25(21)26)28(31)34)30(36)32(29(23)35)20-14-12-10-8-6-4-2;6*1-3-4-2;;/h15,18H,3-14,19-20H2,1-2H3;6*1,3-4H2,2H3;;. The second-order valence-corrected chi connectivity index (χ2v) is 45.9. The second-order valence-electron chi connectivity index (χ2n) is 19.7. The maximum atomic E-state index is 15.6. The van der Waals surface area contributed by atoms with Gasteiger partial charge in [0.05, 0.1) is 0 Å². The molecule has 0 spiro atoms.